The smallest absolute Gasteiger partial charge is 0.256 e. The lowest BCUT2D eigenvalue weighted by atomic mass is 9.88. The minimum Gasteiger partial charge on any atom is -0.508 e. The number of ketones is 1. The topological polar surface area (TPSA) is 62.5 Å². The van der Waals surface area contributed by atoms with E-state index < -0.39 is 0 Å². The first-order valence-electron chi connectivity index (χ1n) is 9.81. The summed E-state index contributed by atoms with van der Waals surface area (Å²) in [5.41, 5.74) is 3.56. The van der Waals surface area contributed by atoms with Crippen LogP contribution in [0.4, 0.5) is 0 Å². The highest BCUT2D eigenvalue weighted by Gasteiger charge is 2.30. The van der Waals surface area contributed by atoms with E-state index in [-0.39, 0.29) is 23.4 Å². The Kier molecular flexibility index (Phi) is 5.28. The number of hydrogen-bond donors (Lipinski definition) is 1. The van der Waals surface area contributed by atoms with Crippen LogP contribution in [0.25, 0.3) is 5.00 Å². The van der Waals surface area contributed by atoms with E-state index >= 15 is 0 Å². The molecule has 3 aromatic rings. The van der Waals surface area contributed by atoms with Gasteiger partial charge in [-0.1, -0.05) is 0 Å². The third kappa shape index (κ3) is 3.72. The van der Waals surface area contributed by atoms with Gasteiger partial charge in [0.1, 0.15) is 10.8 Å². The van der Waals surface area contributed by atoms with Crippen molar-refractivity contribution in [3.63, 3.8) is 0 Å². The first kappa shape index (κ1) is 19.5. The Morgan fingerprint density at radius 2 is 1.59 bits per heavy atom. The lowest BCUT2D eigenvalue weighted by Gasteiger charge is -2.31. The fourth-order valence-corrected chi connectivity index (χ4v) is 5.01. The largest absolute Gasteiger partial charge is 0.508 e. The van der Waals surface area contributed by atoms with Gasteiger partial charge < -0.3 is 14.6 Å². The lowest BCUT2D eigenvalue weighted by Crippen LogP contribution is -2.40. The van der Waals surface area contributed by atoms with Crippen molar-refractivity contribution in [1.29, 1.82) is 0 Å². The zero-order valence-corrected chi connectivity index (χ0v) is 17.4. The van der Waals surface area contributed by atoms with E-state index in [1.165, 1.54) is 12.1 Å². The molecule has 0 atom stereocenters. The van der Waals surface area contributed by atoms with Gasteiger partial charge in [0.15, 0.2) is 5.78 Å². The Morgan fingerprint density at radius 3 is 2.21 bits per heavy atom. The molecule has 0 unspecified atom stereocenters. The fraction of sp³-hybridized carbons (Fsp3) is 0.304. The van der Waals surface area contributed by atoms with Crippen LogP contribution in [0.3, 0.4) is 0 Å². The summed E-state index contributed by atoms with van der Waals surface area (Å²) in [6.45, 7) is 5.24. The minimum absolute atomic E-state index is 0.0317. The van der Waals surface area contributed by atoms with Crippen molar-refractivity contribution in [1.82, 2.24) is 9.47 Å². The molecule has 6 heteroatoms. The molecule has 1 fully saturated rings. The van der Waals surface area contributed by atoms with Gasteiger partial charge in [0.2, 0.25) is 0 Å². The number of aromatic nitrogens is 1. The van der Waals surface area contributed by atoms with E-state index in [4.69, 9.17) is 0 Å². The number of phenolic OH excluding ortho intramolecular Hbond substituents is 1. The molecule has 1 aliphatic rings. The van der Waals surface area contributed by atoms with Gasteiger partial charge in [0.05, 0.1) is 5.56 Å². The monoisotopic (exact) mass is 408 g/mol. The van der Waals surface area contributed by atoms with Crippen LogP contribution in [-0.4, -0.2) is 39.4 Å². The van der Waals surface area contributed by atoms with E-state index in [0.717, 1.165) is 22.0 Å². The highest BCUT2D eigenvalue weighted by Crippen LogP contribution is 2.29. The second-order valence-corrected chi connectivity index (χ2v) is 8.46. The molecule has 0 radical (unpaired) electrons. The van der Waals surface area contributed by atoms with Gasteiger partial charge in [-0.3, -0.25) is 9.59 Å². The van der Waals surface area contributed by atoms with Gasteiger partial charge in [0, 0.05) is 36.0 Å². The summed E-state index contributed by atoms with van der Waals surface area (Å²) in [4.78, 5) is 27.8. The van der Waals surface area contributed by atoms with Gasteiger partial charge in [0.25, 0.3) is 5.91 Å². The summed E-state index contributed by atoms with van der Waals surface area (Å²) in [6, 6.07) is 12.4. The third-order valence-corrected chi connectivity index (χ3v) is 6.55. The maximum atomic E-state index is 13.2. The SMILES string of the molecule is Cc1ccc(C)n1-c1sccc1C(=O)N1CCC(C(=O)c2ccc(O)cc2)CC1. The highest BCUT2D eigenvalue weighted by atomic mass is 32.1. The van der Waals surface area contributed by atoms with Gasteiger partial charge >= 0.3 is 0 Å². The molecule has 1 saturated heterocycles. The maximum Gasteiger partial charge on any atom is 0.256 e. The minimum atomic E-state index is -0.0838. The Balaban J connectivity index is 1.46. The molecule has 1 amide bonds. The molecular formula is C23H24N2O3S. The molecule has 0 spiro atoms. The van der Waals surface area contributed by atoms with E-state index in [9.17, 15) is 14.7 Å². The number of carbonyl (C=O) groups excluding carboxylic acids is 2. The van der Waals surface area contributed by atoms with Crippen LogP contribution in [0, 0.1) is 19.8 Å². The van der Waals surface area contributed by atoms with E-state index in [0.29, 0.717) is 31.5 Å². The number of piperidine rings is 1. The third-order valence-electron chi connectivity index (χ3n) is 5.65. The van der Waals surface area contributed by atoms with Crippen LogP contribution in [0.2, 0.25) is 0 Å². The number of thiophene rings is 1. The van der Waals surface area contributed by atoms with Gasteiger partial charge in [-0.15, -0.1) is 11.3 Å². The first-order chi connectivity index (χ1) is 14.0. The standard InChI is InChI=1S/C23H24N2O3S/c1-15-3-4-16(2)25(15)23-20(11-14-29-23)22(28)24-12-9-18(10-13-24)21(27)17-5-7-19(26)8-6-17/h3-8,11,14,18,26H,9-10,12-13H2,1-2H3. The molecule has 0 aliphatic carbocycles. The van der Waals surface area contributed by atoms with Crippen molar-refractivity contribution in [3.05, 3.63) is 70.4 Å². The normalized spacial score (nSPS) is 14.9. The van der Waals surface area contributed by atoms with E-state index in [2.05, 4.69) is 16.7 Å². The second-order valence-electron chi connectivity index (χ2n) is 7.57. The van der Waals surface area contributed by atoms with Crippen molar-refractivity contribution in [2.24, 2.45) is 5.92 Å². The molecule has 29 heavy (non-hydrogen) atoms. The zero-order chi connectivity index (χ0) is 20.5. The number of rotatable bonds is 4. The molecule has 1 N–H and O–H groups in total. The molecule has 2 aromatic heterocycles. The van der Waals surface area contributed by atoms with Gasteiger partial charge in [-0.05, 0) is 74.5 Å². The lowest BCUT2D eigenvalue weighted by molar-refractivity contribution is 0.0650. The predicted octanol–water partition coefficient (Wildman–Crippen LogP) is 4.60. The summed E-state index contributed by atoms with van der Waals surface area (Å²) in [5.74, 6) is 0.192. The molecule has 4 rings (SSSR count). The molecular weight excluding hydrogens is 384 g/mol. The Hall–Kier alpha value is -2.86. The number of likely N-dealkylation sites (tertiary alicyclic amines) is 1. The summed E-state index contributed by atoms with van der Waals surface area (Å²) in [7, 11) is 0. The Bertz CT molecular complexity index is 1020. The van der Waals surface area contributed by atoms with Crippen LogP contribution >= 0.6 is 11.3 Å². The number of Topliss-reactive ketones (excluding diaryl/α,β-unsaturated/α-hetero) is 1. The number of nitrogens with zero attached hydrogens (tertiary/aromatic N) is 2. The predicted molar refractivity (Wildman–Crippen MR) is 114 cm³/mol. The van der Waals surface area contributed by atoms with Crippen LogP contribution in [-0.2, 0) is 0 Å². The number of hydrogen-bond acceptors (Lipinski definition) is 4. The Labute approximate surface area is 174 Å². The number of benzene rings is 1. The van der Waals surface area contributed by atoms with Crippen LogP contribution in [0.15, 0.2) is 47.8 Å². The summed E-state index contributed by atoms with van der Waals surface area (Å²) >= 11 is 1.57. The average Bonchev–Trinajstić information content (AvgIpc) is 3.33. The molecule has 3 heterocycles. The van der Waals surface area contributed by atoms with Crippen molar-refractivity contribution in [2.45, 2.75) is 26.7 Å². The molecule has 150 valence electrons. The van der Waals surface area contributed by atoms with Gasteiger partial charge in [-0.2, -0.15) is 0 Å². The average molecular weight is 409 g/mol. The molecule has 5 nitrogen and oxygen atoms in total. The summed E-state index contributed by atoms with van der Waals surface area (Å²) in [5, 5.41) is 12.3. The van der Waals surface area contributed by atoms with Crippen molar-refractivity contribution < 1.29 is 14.7 Å². The molecule has 1 aromatic carbocycles. The van der Waals surface area contributed by atoms with E-state index in [1.54, 1.807) is 23.5 Å². The molecule has 0 saturated carbocycles. The summed E-state index contributed by atoms with van der Waals surface area (Å²) in [6.07, 6.45) is 1.32. The number of amides is 1. The quantitative estimate of drug-likeness (QED) is 0.642. The second kappa shape index (κ2) is 7.87. The molecule has 1 aliphatic heterocycles. The number of carbonyl (C=O) groups is 2. The zero-order valence-electron chi connectivity index (χ0n) is 16.6. The van der Waals surface area contributed by atoms with Crippen LogP contribution < -0.4 is 0 Å². The van der Waals surface area contributed by atoms with Crippen molar-refractivity contribution in [3.8, 4) is 10.8 Å². The molecule has 0 bridgehead atoms. The number of aryl methyl sites for hydroxylation is 2. The van der Waals surface area contributed by atoms with E-state index in [1.807, 2.05) is 30.2 Å². The first-order valence-corrected chi connectivity index (χ1v) is 10.7. The number of aromatic hydroxyl groups is 1. The number of phenols is 1. The Morgan fingerprint density at radius 1 is 0.966 bits per heavy atom. The van der Waals surface area contributed by atoms with Crippen molar-refractivity contribution >= 4 is 23.0 Å². The fourth-order valence-electron chi connectivity index (χ4n) is 4.00. The van der Waals surface area contributed by atoms with Gasteiger partial charge in [-0.25, -0.2) is 0 Å². The summed E-state index contributed by atoms with van der Waals surface area (Å²) < 4.78 is 2.12. The van der Waals surface area contributed by atoms with Crippen LogP contribution in [0.1, 0.15) is 44.9 Å². The highest BCUT2D eigenvalue weighted by molar-refractivity contribution is 7.13. The maximum absolute atomic E-state index is 13.2. The van der Waals surface area contributed by atoms with Crippen molar-refractivity contribution in [2.75, 3.05) is 13.1 Å². The van der Waals surface area contributed by atoms with Crippen LogP contribution in [0.5, 0.6) is 5.75 Å².